The Bertz CT molecular complexity index is 617. The van der Waals surface area contributed by atoms with E-state index in [4.69, 9.17) is 4.74 Å². The van der Waals surface area contributed by atoms with Crippen molar-refractivity contribution in [2.45, 2.75) is 64.1 Å². The molecule has 2 aliphatic rings. The van der Waals surface area contributed by atoms with Crippen LogP contribution in [-0.2, 0) is 4.74 Å². The Labute approximate surface area is 141 Å². The molecule has 0 aromatic carbocycles. The zero-order valence-corrected chi connectivity index (χ0v) is 14.5. The van der Waals surface area contributed by atoms with E-state index in [9.17, 15) is 9.59 Å². The van der Waals surface area contributed by atoms with Crippen LogP contribution in [0.25, 0.3) is 0 Å². The van der Waals surface area contributed by atoms with Crippen molar-refractivity contribution in [3.8, 4) is 0 Å². The fraction of sp³-hybridized carbons (Fsp3) is 0.750. The van der Waals surface area contributed by atoms with Crippen molar-refractivity contribution in [1.82, 2.24) is 25.0 Å². The Morgan fingerprint density at radius 1 is 1.29 bits per heavy atom. The van der Waals surface area contributed by atoms with Crippen molar-refractivity contribution in [2.24, 2.45) is 0 Å². The number of aromatic nitrogens is 3. The summed E-state index contributed by atoms with van der Waals surface area (Å²) in [4.78, 5) is 30.0. The standard InChI is InChI=1S/C16H25N5O3/c1-16(2,3)24-15(23)20-8-4-5-12(9-20)21-10-17-13(19-21)14(22)18-11-6-7-11/h10-12H,4-9H2,1-3H3,(H,18,22). The van der Waals surface area contributed by atoms with Gasteiger partial charge in [-0.2, -0.15) is 0 Å². The number of amides is 2. The summed E-state index contributed by atoms with van der Waals surface area (Å²) in [7, 11) is 0. The van der Waals surface area contributed by atoms with Gasteiger partial charge in [0.1, 0.15) is 11.9 Å². The SMILES string of the molecule is CC(C)(C)OC(=O)N1CCCC(n2cnc(C(=O)NC3CC3)n2)C1. The third-order valence-electron chi connectivity index (χ3n) is 4.05. The van der Waals surface area contributed by atoms with Crippen molar-refractivity contribution in [3.63, 3.8) is 0 Å². The fourth-order valence-corrected chi connectivity index (χ4v) is 2.70. The highest BCUT2D eigenvalue weighted by molar-refractivity contribution is 5.90. The lowest BCUT2D eigenvalue weighted by atomic mass is 10.1. The molecule has 24 heavy (non-hydrogen) atoms. The topological polar surface area (TPSA) is 89.4 Å². The van der Waals surface area contributed by atoms with Crippen LogP contribution in [0, 0.1) is 0 Å². The van der Waals surface area contributed by atoms with Gasteiger partial charge in [0, 0.05) is 19.1 Å². The Kier molecular flexibility index (Phi) is 4.47. The molecule has 1 unspecified atom stereocenters. The van der Waals surface area contributed by atoms with E-state index in [0.29, 0.717) is 13.1 Å². The maximum Gasteiger partial charge on any atom is 0.410 e. The normalized spacial score (nSPS) is 21.5. The maximum atomic E-state index is 12.2. The second-order valence-electron chi connectivity index (χ2n) is 7.52. The molecule has 8 heteroatoms. The van der Waals surface area contributed by atoms with Gasteiger partial charge in [-0.1, -0.05) is 0 Å². The van der Waals surface area contributed by atoms with Gasteiger partial charge in [0.15, 0.2) is 0 Å². The first-order valence-corrected chi connectivity index (χ1v) is 8.52. The zero-order valence-electron chi connectivity index (χ0n) is 14.5. The van der Waals surface area contributed by atoms with Crippen LogP contribution in [0.1, 0.15) is 63.1 Å². The van der Waals surface area contributed by atoms with E-state index in [1.54, 1.807) is 15.9 Å². The Hall–Kier alpha value is -2.12. The average Bonchev–Trinajstić information content (AvgIpc) is 3.18. The highest BCUT2D eigenvalue weighted by Gasteiger charge is 2.30. The van der Waals surface area contributed by atoms with E-state index in [1.807, 2.05) is 20.8 Å². The molecule has 8 nitrogen and oxygen atoms in total. The van der Waals surface area contributed by atoms with Gasteiger partial charge < -0.3 is 15.0 Å². The maximum absolute atomic E-state index is 12.2. The number of hydrogen-bond acceptors (Lipinski definition) is 5. The quantitative estimate of drug-likeness (QED) is 0.909. The van der Waals surface area contributed by atoms with Gasteiger partial charge in [-0.05, 0) is 46.5 Å². The number of piperidine rings is 1. The Balaban J connectivity index is 1.61. The molecule has 3 rings (SSSR count). The summed E-state index contributed by atoms with van der Waals surface area (Å²) < 4.78 is 7.13. The summed E-state index contributed by atoms with van der Waals surface area (Å²) in [6, 6.07) is 0.294. The predicted molar refractivity (Wildman–Crippen MR) is 86.6 cm³/mol. The van der Waals surface area contributed by atoms with Crippen molar-refractivity contribution < 1.29 is 14.3 Å². The van der Waals surface area contributed by atoms with Gasteiger partial charge in [0.25, 0.3) is 5.91 Å². The molecule has 132 valence electrons. The summed E-state index contributed by atoms with van der Waals surface area (Å²) in [5, 5.41) is 7.18. The molecule has 1 aliphatic heterocycles. The van der Waals surface area contributed by atoms with E-state index in [2.05, 4.69) is 15.4 Å². The van der Waals surface area contributed by atoms with Crippen LogP contribution in [0.5, 0.6) is 0 Å². The van der Waals surface area contributed by atoms with Crippen LogP contribution < -0.4 is 5.32 Å². The van der Waals surface area contributed by atoms with E-state index < -0.39 is 5.60 Å². The van der Waals surface area contributed by atoms with Crippen molar-refractivity contribution in [1.29, 1.82) is 0 Å². The number of hydrogen-bond donors (Lipinski definition) is 1. The van der Waals surface area contributed by atoms with Crippen LogP contribution in [0.3, 0.4) is 0 Å². The molecular formula is C16H25N5O3. The molecule has 1 saturated heterocycles. The van der Waals surface area contributed by atoms with Gasteiger partial charge in [-0.25, -0.2) is 14.5 Å². The van der Waals surface area contributed by atoms with E-state index in [-0.39, 0.29) is 29.9 Å². The molecule has 1 atom stereocenters. The number of ether oxygens (including phenoxy) is 1. The lowest BCUT2D eigenvalue weighted by Gasteiger charge is -2.33. The monoisotopic (exact) mass is 335 g/mol. The van der Waals surface area contributed by atoms with Gasteiger partial charge in [0.05, 0.1) is 6.04 Å². The minimum Gasteiger partial charge on any atom is -0.444 e. The van der Waals surface area contributed by atoms with Crippen LogP contribution in [-0.4, -0.2) is 56.4 Å². The molecule has 2 amide bonds. The van der Waals surface area contributed by atoms with Gasteiger partial charge in [0.2, 0.25) is 5.82 Å². The first-order chi connectivity index (χ1) is 11.3. The number of carbonyl (C=O) groups excluding carboxylic acids is 2. The van der Waals surface area contributed by atoms with E-state index in [1.165, 1.54) is 0 Å². The fourth-order valence-electron chi connectivity index (χ4n) is 2.70. The van der Waals surface area contributed by atoms with Crippen LogP contribution in [0.4, 0.5) is 4.79 Å². The van der Waals surface area contributed by atoms with Gasteiger partial charge >= 0.3 is 6.09 Å². The second kappa shape index (κ2) is 6.41. The molecule has 1 N–H and O–H groups in total. The highest BCUT2D eigenvalue weighted by Crippen LogP contribution is 2.23. The minimum absolute atomic E-state index is 0.0150. The minimum atomic E-state index is -0.509. The highest BCUT2D eigenvalue weighted by atomic mass is 16.6. The molecule has 1 saturated carbocycles. The van der Waals surface area contributed by atoms with Crippen LogP contribution >= 0.6 is 0 Å². The van der Waals surface area contributed by atoms with Crippen molar-refractivity contribution in [3.05, 3.63) is 12.2 Å². The average molecular weight is 335 g/mol. The second-order valence-corrected chi connectivity index (χ2v) is 7.52. The van der Waals surface area contributed by atoms with Gasteiger partial charge in [-0.3, -0.25) is 4.79 Å². The Morgan fingerprint density at radius 3 is 2.71 bits per heavy atom. The van der Waals surface area contributed by atoms with Crippen LogP contribution in [0.2, 0.25) is 0 Å². The summed E-state index contributed by atoms with van der Waals surface area (Å²) in [5.41, 5.74) is -0.509. The zero-order chi connectivity index (χ0) is 17.3. The third kappa shape index (κ3) is 4.24. The summed E-state index contributed by atoms with van der Waals surface area (Å²) >= 11 is 0. The van der Waals surface area contributed by atoms with Gasteiger partial charge in [-0.15, -0.1) is 5.10 Å². The smallest absolute Gasteiger partial charge is 0.410 e. The molecule has 1 aliphatic carbocycles. The molecule has 0 spiro atoms. The number of rotatable bonds is 3. The molecule has 1 aromatic rings. The first kappa shape index (κ1) is 16.7. The summed E-state index contributed by atoms with van der Waals surface area (Å²) in [6.45, 7) is 6.76. The van der Waals surface area contributed by atoms with E-state index in [0.717, 1.165) is 25.7 Å². The Morgan fingerprint density at radius 2 is 2.04 bits per heavy atom. The van der Waals surface area contributed by atoms with Crippen molar-refractivity contribution in [2.75, 3.05) is 13.1 Å². The summed E-state index contributed by atoms with van der Waals surface area (Å²) in [5.74, 6) is -0.0349. The number of nitrogens with zero attached hydrogens (tertiary/aromatic N) is 4. The lowest BCUT2D eigenvalue weighted by Crippen LogP contribution is -2.43. The number of nitrogens with one attached hydrogen (secondary N) is 1. The molecule has 1 aromatic heterocycles. The number of likely N-dealkylation sites (tertiary alicyclic amines) is 1. The van der Waals surface area contributed by atoms with Crippen molar-refractivity contribution >= 4 is 12.0 Å². The van der Waals surface area contributed by atoms with Crippen LogP contribution in [0.15, 0.2) is 6.33 Å². The van der Waals surface area contributed by atoms with E-state index >= 15 is 0 Å². The lowest BCUT2D eigenvalue weighted by molar-refractivity contribution is 0.0167. The summed E-state index contributed by atoms with van der Waals surface area (Å²) in [6.07, 6.45) is 5.09. The molecular weight excluding hydrogens is 310 g/mol. The molecule has 0 bridgehead atoms. The molecule has 2 heterocycles. The molecule has 0 radical (unpaired) electrons. The predicted octanol–water partition coefficient (Wildman–Crippen LogP) is 1.74. The molecule has 2 fully saturated rings. The number of carbonyl (C=O) groups is 2. The third-order valence-corrected chi connectivity index (χ3v) is 4.05. The largest absolute Gasteiger partial charge is 0.444 e. The first-order valence-electron chi connectivity index (χ1n) is 8.52.